The van der Waals surface area contributed by atoms with Crippen LogP contribution < -0.4 is 5.32 Å². The lowest BCUT2D eigenvalue weighted by Gasteiger charge is -2.16. The van der Waals surface area contributed by atoms with Crippen LogP contribution in [0.2, 0.25) is 5.02 Å². The van der Waals surface area contributed by atoms with E-state index in [1.807, 2.05) is 0 Å². The van der Waals surface area contributed by atoms with Gasteiger partial charge in [0.25, 0.3) is 11.8 Å². The van der Waals surface area contributed by atoms with Crippen LogP contribution in [0.3, 0.4) is 0 Å². The van der Waals surface area contributed by atoms with Crippen molar-refractivity contribution in [3.05, 3.63) is 58.9 Å². The Morgan fingerprint density at radius 2 is 2.04 bits per heavy atom. The molecule has 126 valence electrons. The van der Waals surface area contributed by atoms with E-state index < -0.39 is 0 Å². The van der Waals surface area contributed by atoms with Crippen LogP contribution in [-0.4, -0.2) is 35.3 Å². The van der Waals surface area contributed by atoms with Gasteiger partial charge < -0.3 is 10.2 Å². The largest absolute Gasteiger partial charge is 0.342 e. The minimum Gasteiger partial charge on any atom is -0.342 e. The number of unbranched alkanes of at least 4 members (excludes halogenated alkanes) is 1. The summed E-state index contributed by atoms with van der Waals surface area (Å²) in [6, 6.07) is 9.96. The maximum absolute atomic E-state index is 12.4. The second-order valence-electron chi connectivity index (χ2n) is 5.47. The first-order valence-corrected chi connectivity index (χ1v) is 8.17. The highest BCUT2D eigenvalue weighted by molar-refractivity contribution is 6.30. The van der Waals surface area contributed by atoms with Crippen LogP contribution in [0.1, 0.15) is 40.6 Å². The minimum atomic E-state index is -0.386. The smallest absolute Gasteiger partial charge is 0.274 e. The van der Waals surface area contributed by atoms with Crippen LogP contribution in [-0.2, 0) is 0 Å². The molecule has 0 bridgehead atoms. The van der Waals surface area contributed by atoms with Crippen molar-refractivity contribution in [2.45, 2.75) is 19.8 Å². The van der Waals surface area contributed by atoms with Gasteiger partial charge in [-0.3, -0.25) is 14.6 Å². The fourth-order valence-corrected chi connectivity index (χ4v) is 2.36. The SMILES string of the molecule is CCCCN(C)C(=O)c1ccnc(C(=O)Nc2cccc(Cl)c2)c1. The average molecular weight is 346 g/mol. The van der Waals surface area contributed by atoms with Gasteiger partial charge in [-0.15, -0.1) is 0 Å². The molecule has 1 heterocycles. The number of carbonyl (C=O) groups excluding carboxylic acids is 2. The van der Waals surface area contributed by atoms with Gasteiger partial charge in [-0.05, 0) is 36.8 Å². The summed E-state index contributed by atoms with van der Waals surface area (Å²) >= 11 is 5.90. The van der Waals surface area contributed by atoms with E-state index in [2.05, 4.69) is 17.2 Å². The molecule has 2 rings (SSSR count). The Labute approximate surface area is 146 Å². The van der Waals surface area contributed by atoms with E-state index in [0.29, 0.717) is 22.8 Å². The van der Waals surface area contributed by atoms with E-state index >= 15 is 0 Å². The number of anilines is 1. The third-order valence-electron chi connectivity index (χ3n) is 3.52. The van der Waals surface area contributed by atoms with E-state index in [1.165, 1.54) is 12.3 Å². The zero-order chi connectivity index (χ0) is 17.5. The molecule has 0 aliphatic carbocycles. The van der Waals surface area contributed by atoms with E-state index in [1.54, 1.807) is 42.3 Å². The summed E-state index contributed by atoms with van der Waals surface area (Å²) in [7, 11) is 1.75. The Kier molecular flexibility index (Phi) is 6.32. The van der Waals surface area contributed by atoms with Crippen LogP contribution >= 0.6 is 11.6 Å². The van der Waals surface area contributed by atoms with Gasteiger partial charge >= 0.3 is 0 Å². The van der Waals surface area contributed by atoms with Crippen molar-refractivity contribution in [3.8, 4) is 0 Å². The average Bonchev–Trinajstić information content (AvgIpc) is 2.59. The fourth-order valence-electron chi connectivity index (χ4n) is 2.17. The molecule has 1 N–H and O–H groups in total. The third kappa shape index (κ3) is 4.80. The molecule has 6 heteroatoms. The van der Waals surface area contributed by atoms with Gasteiger partial charge in [0.15, 0.2) is 0 Å². The normalized spacial score (nSPS) is 10.3. The molecule has 5 nitrogen and oxygen atoms in total. The maximum atomic E-state index is 12.4. The van der Waals surface area contributed by atoms with Crippen molar-refractivity contribution in [2.24, 2.45) is 0 Å². The van der Waals surface area contributed by atoms with Gasteiger partial charge in [-0.2, -0.15) is 0 Å². The molecule has 1 aromatic heterocycles. The quantitative estimate of drug-likeness (QED) is 0.864. The summed E-state index contributed by atoms with van der Waals surface area (Å²) in [5.74, 6) is -0.509. The minimum absolute atomic E-state index is 0.123. The molecule has 1 aromatic carbocycles. The van der Waals surface area contributed by atoms with Crippen molar-refractivity contribution in [3.63, 3.8) is 0 Å². The zero-order valence-electron chi connectivity index (χ0n) is 13.8. The number of aromatic nitrogens is 1. The number of rotatable bonds is 6. The highest BCUT2D eigenvalue weighted by atomic mass is 35.5. The van der Waals surface area contributed by atoms with Crippen molar-refractivity contribution in [2.75, 3.05) is 18.9 Å². The van der Waals surface area contributed by atoms with E-state index in [-0.39, 0.29) is 17.5 Å². The molecule has 24 heavy (non-hydrogen) atoms. The van der Waals surface area contributed by atoms with Crippen molar-refractivity contribution >= 4 is 29.1 Å². The van der Waals surface area contributed by atoms with Crippen LogP contribution in [0.4, 0.5) is 5.69 Å². The topological polar surface area (TPSA) is 62.3 Å². The van der Waals surface area contributed by atoms with Crippen LogP contribution in [0.25, 0.3) is 0 Å². The molecule has 2 amide bonds. The number of benzene rings is 1. The van der Waals surface area contributed by atoms with E-state index in [9.17, 15) is 9.59 Å². The molecule has 0 unspecified atom stereocenters. The summed E-state index contributed by atoms with van der Waals surface area (Å²) in [5.41, 5.74) is 1.20. The van der Waals surface area contributed by atoms with Gasteiger partial charge in [0.05, 0.1) is 0 Å². The predicted molar refractivity (Wildman–Crippen MR) is 95.5 cm³/mol. The van der Waals surface area contributed by atoms with Gasteiger partial charge in [0, 0.05) is 36.1 Å². The molecule has 0 radical (unpaired) electrons. The van der Waals surface area contributed by atoms with Gasteiger partial charge in [-0.1, -0.05) is 31.0 Å². The first-order chi connectivity index (χ1) is 11.5. The summed E-state index contributed by atoms with van der Waals surface area (Å²) in [6.07, 6.45) is 3.42. The lowest BCUT2D eigenvalue weighted by Crippen LogP contribution is -2.28. The standard InChI is InChI=1S/C18H20ClN3O2/c1-3-4-10-22(2)18(24)13-8-9-20-16(11-13)17(23)21-15-7-5-6-14(19)12-15/h5-9,11-12H,3-4,10H2,1-2H3,(H,21,23). The number of hydrogen-bond acceptors (Lipinski definition) is 3. The molecule has 0 aliphatic heterocycles. The van der Waals surface area contributed by atoms with Crippen molar-refractivity contribution < 1.29 is 9.59 Å². The molecule has 0 fully saturated rings. The van der Waals surface area contributed by atoms with Gasteiger partial charge in [0.1, 0.15) is 5.69 Å². The molecule has 0 spiro atoms. The summed E-state index contributed by atoms with van der Waals surface area (Å²) in [6.45, 7) is 2.75. The summed E-state index contributed by atoms with van der Waals surface area (Å²) in [4.78, 5) is 30.4. The fraction of sp³-hybridized carbons (Fsp3) is 0.278. The number of halogens is 1. The molecular formula is C18H20ClN3O2. The molecule has 0 atom stereocenters. The molecular weight excluding hydrogens is 326 g/mol. The zero-order valence-corrected chi connectivity index (χ0v) is 14.5. The lowest BCUT2D eigenvalue weighted by molar-refractivity contribution is 0.0793. The number of pyridine rings is 1. The second kappa shape index (κ2) is 8.45. The van der Waals surface area contributed by atoms with E-state index in [0.717, 1.165) is 12.8 Å². The third-order valence-corrected chi connectivity index (χ3v) is 3.75. The molecule has 2 aromatic rings. The number of carbonyl (C=O) groups is 2. The molecule has 0 saturated heterocycles. The predicted octanol–water partition coefficient (Wildman–Crippen LogP) is 3.86. The second-order valence-corrected chi connectivity index (χ2v) is 5.91. The van der Waals surface area contributed by atoms with Crippen LogP contribution in [0, 0.1) is 0 Å². The first-order valence-electron chi connectivity index (χ1n) is 7.79. The number of nitrogens with one attached hydrogen (secondary N) is 1. The van der Waals surface area contributed by atoms with Gasteiger partial charge in [0.2, 0.25) is 0 Å². The van der Waals surface area contributed by atoms with Crippen LogP contribution in [0.5, 0.6) is 0 Å². The Morgan fingerprint density at radius 1 is 1.25 bits per heavy atom. The Hall–Kier alpha value is -2.40. The Morgan fingerprint density at radius 3 is 2.75 bits per heavy atom. The van der Waals surface area contributed by atoms with Gasteiger partial charge in [-0.25, -0.2) is 0 Å². The van der Waals surface area contributed by atoms with Crippen molar-refractivity contribution in [1.82, 2.24) is 9.88 Å². The summed E-state index contributed by atoms with van der Waals surface area (Å²) < 4.78 is 0. The number of hydrogen-bond donors (Lipinski definition) is 1. The van der Waals surface area contributed by atoms with Crippen LogP contribution in [0.15, 0.2) is 42.6 Å². The molecule has 0 saturated carbocycles. The molecule has 0 aliphatic rings. The number of amides is 2. The Balaban J connectivity index is 2.11. The number of nitrogens with zero attached hydrogens (tertiary/aromatic N) is 2. The Bertz CT molecular complexity index is 734. The lowest BCUT2D eigenvalue weighted by atomic mass is 10.2. The maximum Gasteiger partial charge on any atom is 0.274 e. The van der Waals surface area contributed by atoms with E-state index in [4.69, 9.17) is 11.6 Å². The highest BCUT2D eigenvalue weighted by Gasteiger charge is 2.15. The first kappa shape index (κ1) is 17.9. The monoisotopic (exact) mass is 345 g/mol. The van der Waals surface area contributed by atoms with Crippen molar-refractivity contribution in [1.29, 1.82) is 0 Å². The summed E-state index contributed by atoms with van der Waals surface area (Å²) in [5, 5.41) is 3.25. The highest BCUT2D eigenvalue weighted by Crippen LogP contribution is 2.16.